The molecule has 0 unspecified atom stereocenters. The third-order valence-electron chi connectivity index (χ3n) is 3.34. The maximum atomic E-state index is 13.7. The molecule has 8 nitrogen and oxygen atoms in total. The molecule has 26 heavy (non-hydrogen) atoms. The molecule has 10 heteroatoms. The summed E-state index contributed by atoms with van der Waals surface area (Å²) >= 11 is 3.33. The number of nitro groups is 1. The van der Waals surface area contributed by atoms with Crippen LogP contribution in [0, 0.1) is 15.9 Å². The normalized spacial score (nSPS) is 10.5. The van der Waals surface area contributed by atoms with Crippen LogP contribution in [-0.2, 0) is 4.79 Å². The Morgan fingerprint density at radius 1 is 1.27 bits per heavy atom. The Balaban J connectivity index is 1.73. The first-order valence-electron chi connectivity index (χ1n) is 7.21. The number of anilines is 1. The van der Waals surface area contributed by atoms with E-state index in [-0.39, 0.29) is 17.3 Å². The minimum absolute atomic E-state index is 0.186. The minimum atomic E-state index is -0.791. The summed E-state index contributed by atoms with van der Waals surface area (Å²) in [5, 5.41) is 13.6. The van der Waals surface area contributed by atoms with Gasteiger partial charge in [0.2, 0.25) is 5.88 Å². The zero-order valence-electron chi connectivity index (χ0n) is 13.0. The van der Waals surface area contributed by atoms with Crippen LogP contribution in [0.5, 0.6) is 5.88 Å². The average molecular weight is 421 g/mol. The Kier molecular flexibility index (Phi) is 5.03. The summed E-state index contributed by atoms with van der Waals surface area (Å²) < 4.78 is 19.9. The molecule has 1 N–H and O–H groups in total. The first-order valence-corrected chi connectivity index (χ1v) is 8.00. The van der Waals surface area contributed by atoms with Crippen LogP contribution in [0.1, 0.15) is 0 Å². The second-order valence-electron chi connectivity index (χ2n) is 5.10. The van der Waals surface area contributed by atoms with Crippen LogP contribution in [0.25, 0.3) is 10.9 Å². The van der Waals surface area contributed by atoms with E-state index < -0.39 is 23.3 Å². The molecule has 0 spiro atoms. The highest BCUT2D eigenvalue weighted by Crippen LogP contribution is 2.25. The van der Waals surface area contributed by atoms with Crippen LogP contribution in [-0.4, -0.2) is 27.4 Å². The van der Waals surface area contributed by atoms with Gasteiger partial charge >= 0.3 is 0 Å². The summed E-state index contributed by atoms with van der Waals surface area (Å²) in [5.41, 5.74) is -0.0133. The molecular weight excluding hydrogens is 411 g/mol. The van der Waals surface area contributed by atoms with Gasteiger partial charge in [-0.2, -0.15) is 0 Å². The predicted molar refractivity (Wildman–Crippen MR) is 94.4 cm³/mol. The molecule has 3 aromatic rings. The number of carbonyl (C=O) groups excluding carboxylic acids is 1. The van der Waals surface area contributed by atoms with Gasteiger partial charge < -0.3 is 10.1 Å². The molecule has 0 fully saturated rings. The second-order valence-corrected chi connectivity index (χ2v) is 6.01. The number of hydrogen-bond donors (Lipinski definition) is 1. The quantitative estimate of drug-likeness (QED) is 0.500. The lowest BCUT2D eigenvalue weighted by Gasteiger charge is -2.09. The Hall–Kier alpha value is -3.14. The van der Waals surface area contributed by atoms with Gasteiger partial charge in [-0.15, -0.1) is 0 Å². The molecule has 0 aliphatic carbocycles. The fraction of sp³-hybridized carbons (Fsp3) is 0.0625. The van der Waals surface area contributed by atoms with E-state index >= 15 is 0 Å². The van der Waals surface area contributed by atoms with Gasteiger partial charge in [0, 0.05) is 16.6 Å². The third kappa shape index (κ3) is 3.91. The maximum absolute atomic E-state index is 13.7. The molecule has 1 aromatic heterocycles. The lowest BCUT2D eigenvalue weighted by atomic mass is 10.2. The van der Waals surface area contributed by atoms with Gasteiger partial charge in [-0.25, -0.2) is 14.4 Å². The first kappa shape index (κ1) is 17.7. The van der Waals surface area contributed by atoms with E-state index in [1.165, 1.54) is 6.33 Å². The van der Waals surface area contributed by atoms with Crippen molar-refractivity contribution in [1.29, 1.82) is 0 Å². The number of carbonyl (C=O) groups is 1. The molecule has 3 rings (SSSR count). The number of rotatable bonds is 5. The zero-order valence-corrected chi connectivity index (χ0v) is 14.6. The summed E-state index contributed by atoms with van der Waals surface area (Å²) in [6.07, 6.45) is 1.30. The van der Waals surface area contributed by atoms with E-state index in [9.17, 15) is 19.3 Å². The molecule has 1 heterocycles. The van der Waals surface area contributed by atoms with E-state index in [2.05, 4.69) is 31.2 Å². The Morgan fingerprint density at radius 3 is 2.85 bits per heavy atom. The van der Waals surface area contributed by atoms with E-state index in [4.69, 9.17) is 4.74 Å². The molecule has 0 atom stereocenters. The highest BCUT2D eigenvalue weighted by atomic mass is 79.9. The number of non-ortho nitro benzene ring substituents is 1. The number of nitrogens with zero attached hydrogens (tertiary/aromatic N) is 3. The van der Waals surface area contributed by atoms with Gasteiger partial charge in [-0.1, -0.05) is 15.9 Å². The number of halogens is 2. The fourth-order valence-corrected chi connectivity index (χ4v) is 2.52. The number of hydrogen-bond acceptors (Lipinski definition) is 6. The van der Waals surface area contributed by atoms with Crippen LogP contribution >= 0.6 is 15.9 Å². The van der Waals surface area contributed by atoms with Crippen LogP contribution in [0.3, 0.4) is 0 Å². The fourth-order valence-electron chi connectivity index (χ4n) is 2.16. The van der Waals surface area contributed by atoms with E-state index in [1.807, 2.05) is 0 Å². The monoisotopic (exact) mass is 420 g/mol. The van der Waals surface area contributed by atoms with Crippen molar-refractivity contribution in [3.8, 4) is 5.88 Å². The summed E-state index contributed by atoms with van der Waals surface area (Å²) in [6.45, 7) is -0.458. The number of nitrogens with one attached hydrogen (secondary N) is 1. The van der Waals surface area contributed by atoms with Crippen molar-refractivity contribution in [1.82, 2.24) is 9.97 Å². The van der Waals surface area contributed by atoms with Gasteiger partial charge in [-0.05, 0) is 24.3 Å². The van der Waals surface area contributed by atoms with Crippen molar-refractivity contribution in [2.24, 2.45) is 0 Å². The number of nitro benzene ring substituents is 1. The number of fused-ring (bicyclic) bond motifs is 1. The highest BCUT2D eigenvalue weighted by Gasteiger charge is 2.14. The number of amides is 1. The molecule has 0 radical (unpaired) electrons. The second kappa shape index (κ2) is 7.40. The van der Waals surface area contributed by atoms with Crippen LogP contribution in [0.15, 0.2) is 47.2 Å². The van der Waals surface area contributed by atoms with Gasteiger partial charge in [0.1, 0.15) is 12.1 Å². The van der Waals surface area contributed by atoms with Crippen molar-refractivity contribution >= 4 is 44.1 Å². The van der Waals surface area contributed by atoms with Crippen LogP contribution < -0.4 is 10.1 Å². The molecule has 0 aliphatic rings. The molecule has 0 saturated heterocycles. The van der Waals surface area contributed by atoms with Crippen molar-refractivity contribution in [3.05, 3.63) is 63.1 Å². The lowest BCUT2D eigenvalue weighted by Crippen LogP contribution is -2.21. The van der Waals surface area contributed by atoms with Crippen molar-refractivity contribution in [3.63, 3.8) is 0 Å². The lowest BCUT2D eigenvalue weighted by molar-refractivity contribution is -0.384. The predicted octanol–water partition coefficient (Wildman–Crippen LogP) is 3.46. The van der Waals surface area contributed by atoms with Crippen LogP contribution in [0.4, 0.5) is 15.8 Å². The summed E-state index contributed by atoms with van der Waals surface area (Å²) in [7, 11) is 0. The smallest absolute Gasteiger partial charge is 0.271 e. The van der Waals surface area contributed by atoms with Crippen molar-refractivity contribution in [2.75, 3.05) is 11.9 Å². The van der Waals surface area contributed by atoms with E-state index in [0.29, 0.717) is 10.9 Å². The summed E-state index contributed by atoms with van der Waals surface area (Å²) in [6, 6.07) is 8.15. The summed E-state index contributed by atoms with van der Waals surface area (Å²) in [4.78, 5) is 30.1. The van der Waals surface area contributed by atoms with Gasteiger partial charge in [0.05, 0.1) is 21.5 Å². The Labute approximate surface area is 154 Å². The number of aromatic nitrogens is 2. The molecule has 132 valence electrons. The van der Waals surface area contributed by atoms with E-state index in [1.54, 1.807) is 18.2 Å². The maximum Gasteiger partial charge on any atom is 0.271 e. The number of ether oxygens (including phenoxy) is 1. The van der Waals surface area contributed by atoms with Gasteiger partial charge in [0.25, 0.3) is 11.6 Å². The summed E-state index contributed by atoms with van der Waals surface area (Å²) in [5.74, 6) is -1.29. The standard InChI is InChI=1S/C16H10BrFN4O4/c17-9-1-4-13-11(5-9)16(20-8-19-13)26-7-15(23)21-14-6-10(22(24)25)2-3-12(14)18/h1-6,8H,7H2,(H,21,23). The molecule has 0 aliphatic heterocycles. The van der Waals surface area contributed by atoms with E-state index in [0.717, 1.165) is 22.7 Å². The molecule has 1 amide bonds. The highest BCUT2D eigenvalue weighted by molar-refractivity contribution is 9.10. The van der Waals surface area contributed by atoms with Crippen molar-refractivity contribution < 1.29 is 18.8 Å². The van der Waals surface area contributed by atoms with Crippen molar-refractivity contribution in [2.45, 2.75) is 0 Å². The van der Waals surface area contributed by atoms with Gasteiger partial charge in [0.15, 0.2) is 6.61 Å². The van der Waals surface area contributed by atoms with Gasteiger partial charge in [-0.3, -0.25) is 14.9 Å². The largest absolute Gasteiger partial charge is 0.467 e. The number of benzene rings is 2. The zero-order chi connectivity index (χ0) is 18.7. The van der Waals surface area contributed by atoms with Crippen LogP contribution in [0.2, 0.25) is 0 Å². The average Bonchev–Trinajstić information content (AvgIpc) is 2.61. The minimum Gasteiger partial charge on any atom is -0.467 e. The topological polar surface area (TPSA) is 107 Å². The first-order chi connectivity index (χ1) is 12.4. The molecule has 0 bridgehead atoms. The SMILES string of the molecule is O=C(COc1ncnc2ccc(Br)cc12)Nc1cc([N+](=O)[O-])ccc1F. The Morgan fingerprint density at radius 2 is 2.08 bits per heavy atom. The molecular formula is C16H10BrFN4O4. The Bertz CT molecular complexity index is 1010. The molecule has 0 saturated carbocycles. The molecule has 2 aromatic carbocycles. The third-order valence-corrected chi connectivity index (χ3v) is 3.83.